The lowest BCUT2D eigenvalue weighted by molar-refractivity contribution is 0.0247. The van der Waals surface area contributed by atoms with Crippen molar-refractivity contribution in [3.05, 3.63) is 10.6 Å². The number of piperidine rings is 1. The zero-order valence-corrected chi connectivity index (χ0v) is 12.3. The molecule has 19 heavy (non-hydrogen) atoms. The minimum Gasteiger partial charge on any atom is -0.381 e. The lowest BCUT2D eigenvalue weighted by atomic mass is 9.93. The number of likely N-dealkylation sites (tertiary alicyclic amines) is 1. The number of aromatic nitrogens is 3. The Kier molecular flexibility index (Phi) is 4.00. The highest BCUT2D eigenvalue weighted by Gasteiger charge is 2.28. The number of hydrogen-bond acceptors (Lipinski definition) is 4. The van der Waals surface area contributed by atoms with E-state index in [0.29, 0.717) is 5.92 Å². The lowest BCUT2D eigenvalue weighted by Gasteiger charge is -2.38. The standard InChI is InChI=1S/C13H22N4OS/c1-16-12(14-15-13(16)19)10-2-6-17(7-3-10)11-4-8-18-9-5-11/h10-11H,2-9H2,1H3,(H,15,19). The first-order valence-electron chi connectivity index (χ1n) is 7.19. The zero-order chi connectivity index (χ0) is 13.2. The van der Waals surface area contributed by atoms with E-state index >= 15 is 0 Å². The van der Waals surface area contributed by atoms with Gasteiger partial charge in [0.1, 0.15) is 5.82 Å². The SMILES string of the molecule is Cn1c(C2CCN(C3CCOCC3)CC2)n[nH]c1=S. The average molecular weight is 282 g/mol. The van der Waals surface area contributed by atoms with Crippen molar-refractivity contribution < 1.29 is 4.74 Å². The van der Waals surface area contributed by atoms with Gasteiger partial charge in [-0.2, -0.15) is 5.10 Å². The monoisotopic (exact) mass is 282 g/mol. The second kappa shape index (κ2) is 5.73. The quantitative estimate of drug-likeness (QED) is 0.841. The van der Waals surface area contributed by atoms with Crippen molar-refractivity contribution >= 4 is 12.2 Å². The Balaban J connectivity index is 1.60. The molecule has 3 heterocycles. The number of hydrogen-bond donors (Lipinski definition) is 1. The van der Waals surface area contributed by atoms with E-state index in [1.165, 1.54) is 38.8 Å². The van der Waals surface area contributed by atoms with E-state index in [2.05, 4.69) is 15.1 Å². The van der Waals surface area contributed by atoms with Gasteiger partial charge in [0.25, 0.3) is 0 Å². The largest absolute Gasteiger partial charge is 0.381 e. The Labute approximate surface area is 118 Å². The van der Waals surface area contributed by atoms with Crippen LogP contribution in [0.1, 0.15) is 37.4 Å². The molecule has 2 fully saturated rings. The Morgan fingerprint density at radius 3 is 2.47 bits per heavy atom. The summed E-state index contributed by atoms with van der Waals surface area (Å²) in [6.07, 6.45) is 4.75. The molecule has 106 valence electrons. The third-order valence-corrected chi connectivity index (χ3v) is 4.88. The average Bonchev–Trinajstić information content (AvgIpc) is 2.80. The van der Waals surface area contributed by atoms with Crippen LogP contribution in [-0.4, -0.2) is 52.0 Å². The maximum Gasteiger partial charge on any atom is 0.194 e. The highest BCUT2D eigenvalue weighted by Crippen LogP contribution is 2.29. The fraction of sp³-hybridized carbons (Fsp3) is 0.846. The fourth-order valence-corrected chi connectivity index (χ4v) is 3.44. The van der Waals surface area contributed by atoms with Crippen molar-refractivity contribution in [1.29, 1.82) is 0 Å². The number of nitrogens with one attached hydrogen (secondary N) is 1. The van der Waals surface area contributed by atoms with Gasteiger partial charge in [-0.1, -0.05) is 0 Å². The summed E-state index contributed by atoms with van der Waals surface area (Å²) in [5.41, 5.74) is 0. The van der Waals surface area contributed by atoms with E-state index in [9.17, 15) is 0 Å². The van der Waals surface area contributed by atoms with Crippen LogP contribution in [0, 0.1) is 4.77 Å². The molecule has 2 aliphatic rings. The summed E-state index contributed by atoms with van der Waals surface area (Å²) in [7, 11) is 2.01. The summed E-state index contributed by atoms with van der Waals surface area (Å²) in [6, 6.07) is 0.733. The smallest absolute Gasteiger partial charge is 0.194 e. The molecule has 0 unspecified atom stereocenters. The molecular formula is C13H22N4OS. The van der Waals surface area contributed by atoms with E-state index < -0.39 is 0 Å². The topological polar surface area (TPSA) is 46.1 Å². The summed E-state index contributed by atoms with van der Waals surface area (Å²) in [5.74, 6) is 1.67. The molecule has 0 atom stereocenters. The van der Waals surface area contributed by atoms with E-state index in [1.54, 1.807) is 0 Å². The number of ether oxygens (including phenoxy) is 1. The molecule has 1 aromatic rings. The molecule has 2 saturated heterocycles. The predicted molar refractivity (Wildman–Crippen MR) is 75.8 cm³/mol. The minimum absolute atomic E-state index is 0.550. The van der Waals surface area contributed by atoms with E-state index in [-0.39, 0.29) is 0 Å². The van der Waals surface area contributed by atoms with Gasteiger partial charge in [0.15, 0.2) is 4.77 Å². The third kappa shape index (κ3) is 2.75. The van der Waals surface area contributed by atoms with Crippen LogP contribution in [0.2, 0.25) is 0 Å². The third-order valence-electron chi connectivity index (χ3n) is 4.52. The van der Waals surface area contributed by atoms with E-state index in [0.717, 1.165) is 29.9 Å². The summed E-state index contributed by atoms with van der Waals surface area (Å²) in [4.78, 5) is 2.64. The lowest BCUT2D eigenvalue weighted by Crippen LogP contribution is -2.43. The molecule has 0 aromatic carbocycles. The fourth-order valence-electron chi connectivity index (χ4n) is 3.30. The van der Waals surface area contributed by atoms with Crippen LogP contribution in [0.4, 0.5) is 0 Å². The molecule has 0 saturated carbocycles. The highest BCUT2D eigenvalue weighted by atomic mass is 32.1. The summed E-state index contributed by atoms with van der Waals surface area (Å²) < 4.78 is 8.19. The Hall–Kier alpha value is -0.720. The normalized spacial score (nSPS) is 23.8. The molecule has 0 amide bonds. The Morgan fingerprint density at radius 2 is 1.89 bits per heavy atom. The second-order valence-corrected chi connectivity index (χ2v) is 5.99. The van der Waals surface area contributed by atoms with Crippen molar-refractivity contribution in [3.63, 3.8) is 0 Å². The van der Waals surface area contributed by atoms with Gasteiger partial charge in [0.05, 0.1) is 0 Å². The van der Waals surface area contributed by atoms with Crippen LogP contribution in [0.25, 0.3) is 0 Å². The van der Waals surface area contributed by atoms with Crippen molar-refractivity contribution in [2.24, 2.45) is 7.05 Å². The molecular weight excluding hydrogens is 260 g/mol. The predicted octanol–water partition coefficient (Wildman–Crippen LogP) is 1.84. The molecule has 0 spiro atoms. The van der Waals surface area contributed by atoms with Crippen LogP contribution in [0.3, 0.4) is 0 Å². The van der Waals surface area contributed by atoms with Gasteiger partial charge in [-0.15, -0.1) is 0 Å². The second-order valence-electron chi connectivity index (χ2n) is 5.60. The number of rotatable bonds is 2. The van der Waals surface area contributed by atoms with E-state index in [1.807, 2.05) is 11.6 Å². The van der Waals surface area contributed by atoms with Crippen LogP contribution in [-0.2, 0) is 11.8 Å². The van der Waals surface area contributed by atoms with Crippen LogP contribution >= 0.6 is 12.2 Å². The maximum absolute atomic E-state index is 5.44. The molecule has 2 aliphatic heterocycles. The van der Waals surface area contributed by atoms with Crippen molar-refractivity contribution in [2.45, 2.75) is 37.6 Å². The Bertz CT molecular complexity index is 469. The molecule has 0 radical (unpaired) electrons. The van der Waals surface area contributed by atoms with Crippen molar-refractivity contribution in [1.82, 2.24) is 19.7 Å². The molecule has 1 N–H and O–H groups in total. The number of H-pyrrole nitrogens is 1. The summed E-state index contributed by atoms with van der Waals surface area (Å²) in [5, 5.41) is 7.28. The van der Waals surface area contributed by atoms with Gasteiger partial charge in [-0.3, -0.25) is 5.10 Å². The first-order valence-corrected chi connectivity index (χ1v) is 7.59. The first kappa shape index (κ1) is 13.3. The molecule has 0 bridgehead atoms. The Morgan fingerprint density at radius 1 is 1.21 bits per heavy atom. The summed E-state index contributed by atoms with van der Waals surface area (Å²) in [6.45, 7) is 4.21. The molecule has 3 rings (SSSR count). The molecule has 6 heteroatoms. The van der Waals surface area contributed by atoms with Crippen molar-refractivity contribution in [3.8, 4) is 0 Å². The van der Waals surface area contributed by atoms with Gasteiger partial charge in [0.2, 0.25) is 0 Å². The molecule has 1 aromatic heterocycles. The number of aromatic amines is 1. The first-order chi connectivity index (χ1) is 9.25. The van der Waals surface area contributed by atoms with Gasteiger partial charge in [0, 0.05) is 32.2 Å². The summed E-state index contributed by atoms with van der Waals surface area (Å²) >= 11 is 5.19. The van der Waals surface area contributed by atoms with Crippen LogP contribution < -0.4 is 0 Å². The molecule has 0 aliphatic carbocycles. The minimum atomic E-state index is 0.550. The number of nitrogens with zero attached hydrogens (tertiary/aromatic N) is 3. The molecule has 5 nitrogen and oxygen atoms in total. The van der Waals surface area contributed by atoms with Gasteiger partial charge in [-0.05, 0) is 51.0 Å². The van der Waals surface area contributed by atoms with Gasteiger partial charge in [-0.25, -0.2) is 0 Å². The van der Waals surface area contributed by atoms with Crippen LogP contribution in [0.5, 0.6) is 0 Å². The van der Waals surface area contributed by atoms with Crippen LogP contribution in [0.15, 0.2) is 0 Å². The van der Waals surface area contributed by atoms with Gasteiger partial charge < -0.3 is 14.2 Å². The zero-order valence-electron chi connectivity index (χ0n) is 11.5. The van der Waals surface area contributed by atoms with Gasteiger partial charge >= 0.3 is 0 Å². The van der Waals surface area contributed by atoms with Crippen molar-refractivity contribution in [2.75, 3.05) is 26.3 Å². The van der Waals surface area contributed by atoms with E-state index in [4.69, 9.17) is 17.0 Å². The maximum atomic E-state index is 5.44. The highest BCUT2D eigenvalue weighted by molar-refractivity contribution is 7.71.